The van der Waals surface area contributed by atoms with Crippen molar-refractivity contribution >= 4 is 11.7 Å². The van der Waals surface area contributed by atoms with Crippen molar-refractivity contribution in [3.63, 3.8) is 0 Å². The summed E-state index contributed by atoms with van der Waals surface area (Å²) in [5.41, 5.74) is -0.194. The molecule has 0 aliphatic carbocycles. The Morgan fingerprint density at radius 2 is 1.52 bits per heavy atom. The Balaban J connectivity index is 1.93. The molecule has 0 radical (unpaired) electrons. The van der Waals surface area contributed by atoms with Crippen molar-refractivity contribution in [2.75, 3.05) is 31.1 Å². The molecule has 1 heterocycles. The van der Waals surface area contributed by atoms with E-state index in [2.05, 4.69) is 5.32 Å². The van der Waals surface area contributed by atoms with E-state index in [1.54, 1.807) is 4.90 Å². The molecule has 2 amide bonds. The Hall–Kier alpha value is -1.92. The van der Waals surface area contributed by atoms with E-state index in [-0.39, 0.29) is 11.6 Å². The average Bonchev–Trinajstić information content (AvgIpc) is 2.45. The van der Waals surface area contributed by atoms with Gasteiger partial charge in [0.2, 0.25) is 0 Å². The van der Waals surface area contributed by atoms with Crippen LogP contribution in [0, 0.1) is 0 Å². The van der Waals surface area contributed by atoms with Gasteiger partial charge in [0.1, 0.15) is 0 Å². The largest absolute Gasteiger partial charge is 0.416 e. The molecule has 0 atom stereocenters. The fraction of sp³-hybridized carbons (Fsp3) is 0.562. The van der Waals surface area contributed by atoms with Crippen LogP contribution in [0.3, 0.4) is 0 Å². The normalized spacial score (nSPS) is 16.4. The van der Waals surface area contributed by atoms with Gasteiger partial charge in [0.15, 0.2) is 0 Å². The number of hydrogen-bond donors (Lipinski definition) is 1. The van der Waals surface area contributed by atoms with Crippen molar-refractivity contribution in [2.45, 2.75) is 32.5 Å². The quantitative estimate of drug-likeness (QED) is 0.858. The molecule has 0 unspecified atom stereocenters. The molecule has 2 rings (SSSR count). The number of carbonyl (C=O) groups is 1. The number of piperazine rings is 1. The zero-order valence-corrected chi connectivity index (χ0v) is 13.6. The second-order valence-corrected chi connectivity index (χ2v) is 6.70. The van der Waals surface area contributed by atoms with Crippen molar-refractivity contribution in [1.29, 1.82) is 0 Å². The molecule has 1 fully saturated rings. The molecule has 1 aromatic rings. The number of nitrogens with zero attached hydrogens (tertiary/aromatic N) is 2. The Morgan fingerprint density at radius 1 is 1.00 bits per heavy atom. The molecule has 4 nitrogen and oxygen atoms in total. The summed E-state index contributed by atoms with van der Waals surface area (Å²) in [6.45, 7) is 8.05. The number of urea groups is 1. The third-order valence-electron chi connectivity index (χ3n) is 3.61. The van der Waals surface area contributed by atoms with Crippen LogP contribution in [0.1, 0.15) is 26.3 Å². The zero-order chi connectivity index (χ0) is 17.3. The van der Waals surface area contributed by atoms with Crippen molar-refractivity contribution < 1.29 is 18.0 Å². The summed E-state index contributed by atoms with van der Waals surface area (Å²) in [6, 6.07) is 5.04. The Labute approximate surface area is 134 Å². The van der Waals surface area contributed by atoms with E-state index < -0.39 is 11.7 Å². The Bertz CT molecular complexity index is 541. The maximum Gasteiger partial charge on any atom is 0.416 e. The van der Waals surface area contributed by atoms with Gasteiger partial charge in [0.05, 0.1) is 5.56 Å². The van der Waals surface area contributed by atoms with E-state index in [0.29, 0.717) is 26.2 Å². The third-order valence-corrected chi connectivity index (χ3v) is 3.61. The summed E-state index contributed by atoms with van der Waals surface area (Å²) < 4.78 is 37.7. The second kappa shape index (κ2) is 6.29. The van der Waals surface area contributed by atoms with Gasteiger partial charge < -0.3 is 15.1 Å². The number of halogens is 3. The van der Waals surface area contributed by atoms with Gasteiger partial charge in [0, 0.05) is 37.4 Å². The van der Waals surface area contributed by atoms with Gasteiger partial charge in [0.25, 0.3) is 0 Å². The lowest BCUT2D eigenvalue weighted by molar-refractivity contribution is -0.137. The molecule has 7 heteroatoms. The third kappa shape index (κ3) is 4.77. The molecule has 1 saturated heterocycles. The van der Waals surface area contributed by atoms with Gasteiger partial charge in [-0.05, 0) is 45.0 Å². The van der Waals surface area contributed by atoms with Crippen molar-refractivity contribution in [3.8, 4) is 0 Å². The van der Waals surface area contributed by atoms with Crippen LogP contribution < -0.4 is 10.2 Å². The van der Waals surface area contributed by atoms with Crippen molar-refractivity contribution in [1.82, 2.24) is 10.2 Å². The van der Waals surface area contributed by atoms with Crippen LogP contribution in [0.25, 0.3) is 0 Å². The van der Waals surface area contributed by atoms with Gasteiger partial charge in [-0.25, -0.2) is 4.79 Å². The first-order chi connectivity index (χ1) is 10.6. The highest BCUT2D eigenvalue weighted by Crippen LogP contribution is 2.30. The molecule has 0 spiro atoms. The monoisotopic (exact) mass is 329 g/mol. The Morgan fingerprint density at radius 3 is 1.96 bits per heavy atom. The highest BCUT2D eigenvalue weighted by atomic mass is 19.4. The van der Waals surface area contributed by atoms with E-state index >= 15 is 0 Å². The lowest BCUT2D eigenvalue weighted by Gasteiger charge is -2.37. The highest BCUT2D eigenvalue weighted by molar-refractivity contribution is 5.75. The molecular formula is C16H22F3N3O. The first kappa shape index (κ1) is 17.4. The van der Waals surface area contributed by atoms with Crippen LogP contribution in [0.2, 0.25) is 0 Å². The maximum absolute atomic E-state index is 12.6. The van der Waals surface area contributed by atoms with Crippen molar-refractivity contribution in [3.05, 3.63) is 29.8 Å². The van der Waals surface area contributed by atoms with Crippen LogP contribution in [0.5, 0.6) is 0 Å². The molecule has 1 aliphatic rings. The fourth-order valence-corrected chi connectivity index (χ4v) is 2.43. The summed E-state index contributed by atoms with van der Waals surface area (Å²) in [4.78, 5) is 15.8. The molecule has 0 saturated carbocycles. The van der Waals surface area contributed by atoms with E-state index in [0.717, 1.165) is 17.8 Å². The first-order valence-electron chi connectivity index (χ1n) is 7.55. The first-order valence-corrected chi connectivity index (χ1v) is 7.55. The molecule has 1 aromatic carbocycles. The van der Waals surface area contributed by atoms with Crippen LogP contribution >= 0.6 is 0 Å². The van der Waals surface area contributed by atoms with Crippen LogP contribution in [0.15, 0.2) is 24.3 Å². The number of alkyl halides is 3. The standard InChI is InChI=1S/C16H22F3N3O/c1-15(2,3)20-14(23)22-10-8-21(9-11-22)13-6-4-12(5-7-13)16(17,18)19/h4-7H,8-11H2,1-3H3,(H,20,23). The minimum atomic E-state index is -4.32. The lowest BCUT2D eigenvalue weighted by Crippen LogP contribution is -2.55. The van der Waals surface area contributed by atoms with E-state index in [1.807, 2.05) is 25.7 Å². The summed E-state index contributed by atoms with van der Waals surface area (Å²) in [5, 5.41) is 2.91. The van der Waals surface area contributed by atoms with Gasteiger partial charge in [-0.1, -0.05) is 0 Å². The maximum atomic E-state index is 12.6. The lowest BCUT2D eigenvalue weighted by atomic mass is 10.1. The second-order valence-electron chi connectivity index (χ2n) is 6.70. The number of anilines is 1. The molecule has 0 bridgehead atoms. The smallest absolute Gasteiger partial charge is 0.368 e. The van der Waals surface area contributed by atoms with E-state index in [9.17, 15) is 18.0 Å². The predicted octanol–water partition coefficient (Wildman–Crippen LogP) is 3.34. The molecule has 23 heavy (non-hydrogen) atoms. The molecular weight excluding hydrogens is 307 g/mol. The topological polar surface area (TPSA) is 35.6 Å². The number of hydrogen-bond acceptors (Lipinski definition) is 2. The SMILES string of the molecule is CC(C)(C)NC(=O)N1CCN(c2ccc(C(F)(F)F)cc2)CC1. The number of nitrogens with one attached hydrogen (secondary N) is 1. The van der Waals surface area contributed by atoms with Gasteiger partial charge in [-0.15, -0.1) is 0 Å². The van der Waals surface area contributed by atoms with Crippen LogP contribution in [-0.2, 0) is 6.18 Å². The zero-order valence-electron chi connectivity index (χ0n) is 13.6. The summed E-state index contributed by atoms with van der Waals surface area (Å²) in [5.74, 6) is 0. The van der Waals surface area contributed by atoms with Crippen LogP contribution in [-0.4, -0.2) is 42.6 Å². The van der Waals surface area contributed by atoms with E-state index in [1.165, 1.54) is 12.1 Å². The fourth-order valence-electron chi connectivity index (χ4n) is 2.43. The van der Waals surface area contributed by atoms with Gasteiger partial charge in [-0.3, -0.25) is 0 Å². The summed E-state index contributed by atoms with van der Waals surface area (Å²) in [7, 11) is 0. The predicted molar refractivity (Wildman–Crippen MR) is 83.5 cm³/mol. The highest BCUT2D eigenvalue weighted by Gasteiger charge is 2.30. The Kier molecular flexibility index (Phi) is 4.77. The molecule has 128 valence electrons. The number of rotatable bonds is 1. The molecule has 0 aromatic heterocycles. The van der Waals surface area contributed by atoms with Crippen LogP contribution in [0.4, 0.5) is 23.7 Å². The number of benzene rings is 1. The number of amides is 2. The molecule has 1 N–H and O–H groups in total. The number of carbonyl (C=O) groups excluding carboxylic acids is 1. The summed E-state index contributed by atoms with van der Waals surface area (Å²) in [6.07, 6.45) is -4.32. The van der Waals surface area contributed by atoms with Gasteiger partial charge >= 0.3 is 12.2 Å². The van der Waals surface area contributed by atoms with E-state index in [4.69, 9.17) is 0 Å². The van der Waals surface area contributed by atoms with Crippen molar-refractivity contribution in [2.24, 2.45) is 0 Å². The van der Waals surface area contributed by atoms with Gasteiger partial charge in [-0.2, -0.15) is 13.2 Å². The average molecular weight is 329 g/mol. The summed E-state index contributed by atoms with van der Waals surface area (Å²) >= 11 is 0. The minimum absolute atomic E-state index is 0.107. The minimum Gasteiger partial charge on any atom is -0.368 e. The molecule has 1 aliphatic heterocycles.